The molecular weight excluding hydrogens is 268 g/mol. The quantitative estimate of drug-likeness (QED) is 0.805. The number of nitrogens with zero attached hydrogens (tertiary/aromatic N) is 1. The van der Waals surface area contributed by atoms with Crippen molar-refractivity contribution < 1.29 is 19.5 Å². The number of amides is 3. The smallest absolute Gasteiger partial charge is 0.325 e. The highest BCUT2D eigenvalue weighted by Gasteiger charge is 2.60. The highest BCUT2D eigenvalue weighted by molar-refractivity contribution is 7.10. The van der Waals surface area contributed by atoms with E-state index < -0.39 is 30.0 Å². The van der Waals surface area contributed by atoms with Gasteiger partial charge in [-0.15, -0.1) is 11.3 Å². The SMILES string of the molecule is O=C(O)CN1C(=O)N[C@@](c2cccs2)(C2CC2)C1=O. The summed E-state index contributed by atoms with van der Waals surface area (Å²) in [6.45, 7) is -0.593. The minimum Gasteiger partial charge on any atom is -0.480 e. The summed E-state index contributed by atoms with van der Waals surface area (Å²) < 4.78 is 0. The second-order valence-corrected chi connectivity index (χ2v) is 5.72. The molecular formula is C12H12N2O4S. The molecule has 0 spiro atoms. The van der Waals surface area contributed by atoms with Gasteiger partial charge in [0.25, 0.3) is 5.91 Å². The number of carbonyl (C=O) groups is 3. The van der Waals surface area contributed by atoms with Crippen LogP contribution < -0.4 is 5.32 Å². The number of urea groups is 1. The Bertz CT molecular complexity index is 552. The van der Waals surface area contributed by atoms with Crippen molar-refractivity contribution >= 4 is 29.2 Å². The van der Waals surface area contributed by atoms with E-state index in [1.807, 2.05) is 17.5 Å². The predicted octanol–water partition coefficient (Wildman–Crippen LogP) is 0.990. The van der Waals surface area contributed by atoms with Crippen LogP contribution in [0.1, 0.15) is 17.7 Å². The minimum absolute atomic E-state index is 0.0707. The van der Waals surface area contributed by atoms with Gasteiger partial charge in [-0.2, -0.15) is 0 Å². The Balaban J connectivity index is 2.01. The van der Waals surface area contributed by atoms with Crippen LogP contribution >= 0.6 is 11.3 Å². The topological polar surface area (TPSA) is 86.7 Å². The fourth-order valence-corrected chi connectivity index (χ4v) is 3.49. The van der Waals surface area contributed by atoms with Gasteiger partial charge in [0.2, 0.25) is 0 Å². The molecule has 7 heteroatoms. The fraction of sp³-hybridized carbons (Fsp3) is 0.417. The van der Waals surface area contributed by atoms with Gasteiger partial charge in [-0.1, -0.05) is 6.07 Å². The molecule has 1 aromatic heterocycles. The molecule has 1 atom stereocenters. The van der Waals surface area contributed by atoms with Crippen molar-refractivity contribution in [1.82, 2.24) is 10.2 Å². The summed E-state index contributed by atoms with van der Waals surface area (Å²) in [6, 6.07) is 3.02. The monoisotopic (exact) mass is 280 g/mol. The molecule has 1 saturated heterocycles. The van der Waals surface area contributed by atoms with Crippen LogP contribution in [0.15, 0.2) is 17.5 Å². The molecule has 0 unspecified atom stereocenters. The summed E-state index contributed by atoms with van der Waals surface area (Å²) in [5.41, 5.74) is -1.04. The third-order valence-corrected chi connectivity index (χ3v) is 4.53. The summed E-state index contributed by atoms with van der Waals surface area (Å²) in [5, 5.41) is 13.4. The Morgan fingerprint density at radius 1 is 1.53 bits per heavy atom. The maximum Gasteiger partial charge on any atom is 0.325 e. The summed E-state index contributed by atoms with van der Waals surface area (Å²) in [7, 11) is 0. The van der Waals surface area contributed by atoms with Crippen LogP contribution in [0, 0.1) is 5.92 Å². The van der Waals surface area contributed by atoms with Gasteiger partial charge >= 0.3 is 12.0 Å². The van der Waals surface area contributed by atoms with E-state index in [-0.39, 0.29) is 5.92 Å². The van der Waals surface area contributed by atoms with Gasteiger partial charge < -0.3 is 10.4 Å². The number of hydrogen-bond acceptors (Lipinski definition) is 4. The maximum absolute atomic E-state index is 12.5. The number of imide groups is 1. The first-order valence-electron chi connectivity index (χ1n) is 5.95. The molecule has 0 radical (unpaired) electrons. The van der Waals surface area contributed by atoms with E-state index in [4.69, 9.17) is 5.11 Å². The van der Waals surface area contributed by atoms with Gasteiger partial charge in [0, 0.05) is 4.88 Å². The third-order valence-electron chi connectivity index (χ3n) is 3.52. The molecule has 19 heavy (non-hydrogen) atoms. The Hall–Kier alpha value is -1.89. The molecule has 2 heterocycles. The molecule has 100 valence electrons. The molecule has 2 N–H and O–H groups in total. The van der Waals surface area contributed by atoms with Crippen molar-refractivity contribution in [3.63, 3.8) is 0 Å². The molecule has 1 aliphatic heterocycles. The average Bonchev–Trinajstić information content (AvgIpc) is 3.00. The summed E-state index contributed by atoms with van der Waals surface area (Å²) in [5.74, 6) is -1.56. The van der Waals surface area contributed by atoms with Crippen LogP contribution in [0.4, 0.5) is 4.79 Å². The lowest BCUT2D eigenvalue weighted by Crippen LogP contribution is -2.45. The molecule has 1 aliphatic carbocycles. The average molecular weight is 280 g/mol. The number of carboxylic acids is 1. The standard InChI is InChI=1S/C12H12N2O4S/c15-9(16)6-14-10(17)12(7-3-4-7,13-11(14)18)8-2-1-5-19-8/h1-2,5,7H,3-4,6H2,(H,13,18)(H,15,16)/t12-/m1/s1. The van der Waals surface area contributed by atoms with Crippen molar-refractivity contribution in [3.8, 4) is 0 Å². The second-order valence-electron chi connectivity index (χ2n) is 4.77. The number of aliphatic carboxylic acids is 1. The third kappa shape index (κ3) is 1.73. The molecule has 2 aliphatic rings. The predicted molar refractivity (Wildman–Crippen MR) is 66.6 cm³/mol. The van der Waals surface area contributed by atoms with Crippen molar-refractivity contribution in [1.29, 1.82) is 0 Å². The number of hydrogen-bond donors (Lipinski definition) is 2. The van der Waals surface area contributed by atoms with Gasteiger partial charge in [-0.3, -0.25) is 14.5 Å². The van der Waals surface area contributed by atoms with E-state index in [9.17, 15) is 14.4 Å². The van der Waals surface area contributed by atoms with Gasteiger partial charge in [0.05, 0.1) is 0 Å². The van der Waals surface area contributed by atoms with Crippen molar-refractivity contribution in [2.75, 3.05) is 6.54 Å². The fourth-order valence-electron chi connectivity index (χ4n) is 2.54. The minimum atomic E-state index is -1.19. The Kier molecular flexibility index (Phi) is 2.60. The summed E-state index contributed by atoms with van der Waals surface area (Å²) in [4.78, 5) is 36.8. The van der Waals surface area contributed by atoms with Gasteiger partial charge in [-0.25, -0.2) is 4.79 Å². The zero-order chi connectivity index (χ0) is 13.6. The molecule has 0 bridgehead atoms. The van der Waals surface area contributed by atoms with Crippen molar-refractivity contribution in [3.05, 3.63) is 22.4 Å². The molecule has 2 fully saturated rings. The van der Waals surface area contributed by atoms with Crippen molar-refractivity contribution in [2.45, 2.75) is 18.4 Å². The lowest BCUT2D eigenvalue weighted by Gasteiger charge is -2.25. The van der Waals surface area contributed by atoms with Crippen LogP contribution in [0.25, 0.3) is 0 Å². The van der Waals surface area contributed by atoms with Crippen LogP contribution in [-0.2, 0) is 15.1 Å². The number of rotatable bonds is 4. The van der Waals surface area contributed by atoms with E-state index in [1.165, 1.54) is 11.3 Å². The molecule has 1 saturated carbocycles. The normalized spacial score (nSPS) is 26.6. The number of carbonyl (C=O) groups excluding carboxylic acids is 2. The summed E-state index contributed by atoms with van der Waals surface area (Å²) >= 11 is 1.40. The number of carboxylic acid groups (broad SMARTS) is 1. The molecule has 3 amide bonds. The Morgan fingerprint density at radius 3 is 2.79 bits per heavy atom. The lowest BCUT2D eigenvalue weighted by molar-refractivity contribution is -0.143. The Labute approximate surface area is 113 Å². The second kappa shape index (κ2) is 4.06. The van der Waals surface area contributed by atoms with Gasteiger partial charge in [0.1, 0.15) is 6.54 Å². The van der Waals surface area contributed by atoms with Crippen molar-refractivity contribution in [2.24, 2.45) is 5.92 Å². The maximum atomic E-state index is 12.5. The lowest BCUT2D eigenvalue weighted by atomic mass is 9.91. The zero-order valence-corrected chi connectivity index (χ0v) is 10.8. The first-order valence-corrected chi connectivity index (χ1v) is 6.83. The number of nitrogens with one attached hydrogen (secondary N) is 1. The van der Waals surface area contributed by atoms with E-state index >= 15 is 0 Å². The highest BCUT2D eigenvalue weighted by Crippen LogP contribution is 2.50. The van der Waals surface area contributed by atoms with E-state index in [1.54, 1.807) is 0 Å². The molecule has 0 aromatic carbocycles. The molecule has 1 aromatic rings. The van der Waals surface area contributed by atoms with E-state index in [2.05, 4.69) is 5.32 Å². The largest absolute Gasteiger partial charge is 0.480 e. The highest BCUT2D eigenvalue weighted by atomic mass is 32.1. The van der Waals surface area contributed by atoms with Crippen LogP contribution in [0.2, 0.25) is 0 Å². The number of thiophene rings is 1. The zero-order valence-electron chi connectivity index (χ0n) is 9.96. The van der Waals surface area contributed by atoms with Gasteiger partial charge in [-0.05, 0) is 30.2 Å². The van der Waals surface area contributed by atoms with E-state index in [0.29, 0.717) is 0 Å². The van der Waals surface area contributed by atoms with Gasteiger partial charge in [0.15, 0.2) is 5.54 Å². The van der Waals surface area contributed by atoms with Crippen LogP contribution in [0.5, 0.6) is 0 Å². The Morgan fingerprint density at radius 2 is 2.26 bits per heavy atom. The van der Waals surface area contributed by atoms with Crippen LogP contribution in [-0.4, -0.2) is 34.5 Å². The van der Waals surface area contributed by atoms with E-state index in [0.717, 1.165) is 22.6 Å². The summed E-state index contributed by atoms with van der Waals surface area (Å²) in [6.07, 6.45) is 1.73. The first kappa shape index (κ1) is 12.2. The van der Waals surface area contributed by atoms with Crippen LogP contribution in [0.3, 0.4) is 0 Å². The molecule has 3 rings (SSSR count). The first-order chi connectivity index (χ1) is 9.05. The molecule has 6 nitrogen and oxygen atoms in total.